The van der Waals surface area contributed by atoms with Gasteiger partial charge in [-0.05, 0) is 0 Å². The van der Waals surface area contributed by atoms with Crippen molar-refractivity contribution >= 4 is 0 Å². The Morgan fingerprint density at radius 2 is 0.417 bits per heavy atom. The molecule has 0 aliphatic rings. The van der Waals surface area contributed by atoms with Crippen LogP contribution in [0, 0.1) is 0 Å². The molecule has 2 nitrogen and oxygen atoms in total. The van der Waals surface area contributed by atoms with E-state index in [1.807, 2.05) is 0 Å². The molecule has 0 saturated heterocycles. The zero-order valence-electron chi connectivity index (χ0n) is 9.94. The molecule has 0 saturated carbocycles. The normalized spacial score (nSPS) is 16.2. The summed E-state index contributed by atoms with van der Waals surface area (Å²) in [6, 6.07) is -16.1. The van der Waals surface area contributed by atoms with Gasteiger partial charge in [-0.3, -0.25) is 0 Å². The van der Waals surface area contributed by atoms with Crippen LogP contribution in [-0.2, 0) is 0 Å². The number of nitrogens with zero attached hydrogens (tertiary/aromatic N) is 2. The summed E-state index contributed by atoms with van der Waals surface area (Å²) in [6.45, 7) is 0. The van der Waals surface area contributed by atoms with Gasteiger partial charge in [0, 0.05) is 0 Å². The van der Waals surface area contributed by atoms with Crippen molar-refractivity contribution in [1.29, 1.82) is 0 Å². The molecule has 0 bridgehead atoms. The second-order valence-electron chi connectivity index (χ2n) is 3.62. The summed E-state index contributed by atoms with van der Waals surface area (Å²) in [4.78, 5) is -8.76. The van der Waals surface area contributed by atoms with Gasteiger partial charge >= 0.3 is 37.3 Å². The summed E-state index contributed by atoms with van der Waals surface area (Å²) in [7, 11) is 0. The SMILES string of the molecule is FC(F)(F)N(C(F)(F)F)C(F)(F)C(F)(F)N(C(F)(F)F)C(F)(F)F. The van der Waals surface area contributed by atoms with Crippen LogP contribution in [0.25, 0.3) is 0 Å². The van der Waals surface area contributed by atoms with Gasteiger partial charge in [0.1, 0.15) is 0 Å². The molecule has 0 aromatic rings. The number of halogens is 16. The molecule has 0 heterocycles. The third-order valence-electron chi connectivity index (χ3n) is 1.94. The summed E-state index contributed by atoms with van der Waals surface area (Å²) >= 11 is 0. The van der Waals surface area contributed by atoms with Gasteiger partial charge in [-0.1, -0.05) is 9.80 Å². The van der Waals surface area contributed by atoms with E-state index in [0.717, 1.165) is 0 Å². The summed E-state index contributed by atoms with van der Waals surface area (Å²) in [5, 5.41) is 0. The molecule has 0 unspecified atom stereocenters. The molecular formula is C6F16N2. The lowest BCUT2D eigenvalue weighted by Gasteiger charge is -2.42. The van der Waals surface area contributed by atoms with E-state index in [9.17, 15) is 70.2 Å². The number of alkyl halides is 16. The first-order valence-electron chi connectivity index (χ1n) is 4.62. The highest BCUT2D eigenvalue weighted by Gasteiger charge is 2.82. The Bertz CT molecular complexity index is 365. The van der Waals surface area contributed by atoms with Crippen LogP contribution >= 0.6 is 0 Å². The number of rotatable bonds is 3. The van der Waals surface area contributed by atoms with Crippen LogP contribution in [0.1, 0.15) is 0 Å². The van der Waals surface area contributed by atoms with E-state index in [1.54, 1.807) is 0 Å². The fraction of sp³-hybridized carbons (Fsp3) is 1.00. The van der Waals surface area contributed by atoms with Crippen molar-refractivity contribution in [3.05, 3.63) is 0 Å². The third kappa shape index (κ3) is 4.25. The van der Waals surface area contributed by atoms with Crippen LogP contribution in [0.3, 0.4) is 0 Å². The number of hydrogen-bond acceptors (Lipinski definition) is 2. The maximum absolute atomic E-state index is 12.9. The van der Waals surface area contributed by atoms with Crippen molar-refractivity contribution < 1.29 is 70.2 Å². The highest BCUT2D eigenvalue weighted by atomic mass is 19.4. The monoisotopic (exact) mass is 404 g/mol. The van der Waals surface area contributed by atoms with Crippen LogP contribution in [0.2, 0.25) is 0 Å². The molecular weight excluding hydrogens is 404 g/mol. The molecule has 18 heteroatoms. The van der Waals surface area contributed by atoms with Crippen LogP contribution in [-0.4, -0.2) is 47.1 Å². The van der Waals surface area contributed by atoms with E-state index in [-0.39, 0.29) is 0 Å². The molecule has 0 fully saturated rings. The minimum atomic E-state index is -8.05. The first-order valence-corrected chi connectivity index (χ1v) is 4.62. The molecule has 0 rings (SSSR count). The van der Waals surface area contributed by atoms with Gasteiger partial charge in [0.2, 0.25) is 0 Å². The molecule has 0 aromatic heterocycles. The molecule has 146 valence electrons. The summed E-state index contributed by atoms with van der Waals surface area (Å²) in [5.41, 5.74) is 0. The van der Waals surface area contributed by atoms with Gasteiger partial charge in [0.25, 0.3) is 0 Å². The van der Waals surface area contributed by atoms with E-state index in [4.69, 9.17) is 0 Å². The molecule has 0 radical (unpaired) electrons. The zero-order valence-corrected chi connectivity index (χ0v) is 9.94. The minimum absolute atomic E-state index is 4.38. The van der Waals surface area contributed by atoms with Gasteiger partial charge in [-0.25, -0.2) is 0 Å². The topological polar surface area (TPSA) is 6.48 Å². The lowest BCUT2D eigenvalue weighted by Crippen LogP contribution is -2.72. The Hall–Kier alpha value is -1.20. The smallest absolute Gasteiger partial charge is 0.179 e. The lowest BCUT2D eigenvalue weighted by molar-refractivity contribution is -0.527. The molecule has 0 aliphatic heterocycles. The molecule has 0 amide bonds. The second kappa shape index (κ2) is 5.67. The fourth-order valence-corrected chi connectivity index (χ4v) is 1.19. The summed E-state index contributed by atoms with van der Waals surface area (Å²) in [6.07, 6.45) is -30.0. The van der Waals surface area contributed by atoms with Crippen LogP contribution in [0.4, 0.5) is 70.2 Å². The molecule has 0 aliphatic carbocycles. The van der Waals surface area contributed by atoms with Crippen LogP contribution < -0.4 is 0 Å². The molecule has 0 atom stereocenters. The van der Waals surface area contributed by atoms with Crippen LogP contribution in [0.5, 0.6) is 0 Å². The van der Waals surface area contributed by atoms with E-state index >= 15 is 0 Å². The van der Waals surface area contributed by atoms with Gasteiger partial charge in [-0.2, -0.15) is 70.2 Å². The van der Waals surface area contributed by atoms with E-state index in [0.29, 0.717) is 0 Å². The lowest BCUT2D eigenvalue weighted by atomic mass is 10.3. The van der Waals surface area contributed by atoms with Crippen molar-refractivity contribution in [2.24, 2.45) is 0 Å². The predicted molar refractivity (Wildman–Crippen MR) is 37.8 cm³/mol. The van der Waals surface area contributed by atoms with E-state index in [1.165, 1.54) is 0 Å². The standard InChI is InChI=1S/C6F16N2/c7-1(8,23(3(11,12)13)4(14,15)16)2(9,10)24(5(17,18)19)6(20,21)22. The van der Waals surface area contributed by atoms with Gasteiger partial charge in [0.15, 0.2) is 0 Å². The van der Waals surface area contributed by atoms with Gasteiger partial charge in [0.05, 0.1) is 0 Å². The second-order valence-corrected chi connectivity index (χ2v) is 3.62. The molecule has 0 N–H and O–H groups in total. The minimum Gasteiger partial charge on any atom is -0.179 e. The summed E-state index contributed by atoms with van der Waals surface area (Å²) < 4.78 is 194. The molecule has 0 aromatic carbocycles. The largest absolute Gasteiger partial charge is 0.472 e. The van der Waals surface area contributed by atoms with Gasteiger partial charge in [-0.15, -0.1) is 0 Å². The Kier molecular flexibility index (Phi) is 5.38. The first kappa shape index (κ1) is 22.8. The highest BCUT2D eigenvalue weighted by molar-refractivity contribution is 4.90. The van der Waals surface area contributed by atoms with Crippen molar-refractivity contribution in [2.45, 2.75) is 37.3 Å². The zero-order chi connectivity index (χ0) is 20.2. The average molecular weight is 404 g/mol. The molecule has 24 heavy (non-hydrogen) atoms. The maximum atomic E-state index is 12.9. The van der Waals surface area contributed by atoms with Crippen LogP contribution in [0.15, 0.2) is 0 Å². The van der Waals surface area contributed by atoms with E-state index in [2.05, 4.69) is 0 Å². The predicted octanol–water partition coefficient (Wildman–Crippen LogP) is 4.86. The Morgan fingerprint density at radius 3 is 0.500 bits per heavy atom. The quantitative estimate of drug-likeness (QED) is 0.490. The number of hydrogen-bond donors (Lipinski definition) is 0. The fourth-order valence-electron chi connectivity index (χ4n) is 1.19. The Labute approximate surface area is 119 Å². The molecule has 0 spiro atoms. The van der Waals surface area contributed by atoms with Crippen molar-refractivity contribution in [3.8, 4) is 0 Å². The highest BCUT2D eigenvalue weighted by Crippen LogP contribution is 2.54. The summed E-state index contributed by atoms with van der Waals surface area (Å²) in [5.74, 6) is 0. The van der Waals surface area contributed by atoms with Crippen molar-refractivity contribution in [2.75, 3.05) is 0 Å². The van der Waals surface area contributed by atoms with E-state index < -0.39 is 47.1 Å². The van der Waals surface area contributed by atoms with Crippen molar-refractivity contribution in [1.82, 2.24) is 9.80 Å². The Morgan fingerprint density at radius 1 is 0.292 bits per heavy atom. The Balaban J connectivity index is 6.50. The maximum Gasteiger partial charge on any atom is 0.472 e. The van der Waals surface area contributed by atoms with Gasteiger partial charge < -0.3 is 0 Å². The van der Waals surface area contributed by atoms with Crippen molar-refractivity contribution in [3.63, 3.8) is 0 Å². The first-order chi connectivity index (χ1) is 9.98. The average Bonchev–Trinajstić information content (AvgIpc) is 2.02. The third-order valence-corrected chi connectivity index (χ3v) is 1.94.